The van der Waals surface area contributed by atoms with E-state index in [0.29, 0.717) is 0 Å². The van der Waals surface area contributed by atoms with Crippen LogP contribution in [0.4, 0.5) is 5.69 Å². The average Bonchev–Trinajstić information content (AvgIpc) is 2.61. The molecule has 3 nitrogen and oxygen atoms in total. The van der Waals surface area contributed by atoms with Gasteiger partial charge in [0.25, 0.3) is 0 Å². The number of carbonyl (C=O) groups excluding carboxylic acids is 1. The Morgan fingerprint density at radius 1 is 1.16 bits per heavy atom. The summed E-state index contributed by atoms with van der Waals surface area (Å²) in [7, 11) is 0. The number of piperidine rings is 1. The highest BCUT2D eigenvalue weighted by Crippen LogP contribution is 2.24. The number of hydrogen-bond acceptors (Lipinski definition) is 2. The molecular formula is C21H25ClN2O. The van der Waals surface area contributed by atoms with Gasteiger partial charge in [0.05, 0.1) is 0 Å². The molecule has 1 N–H and O–H groups in total. The SMILES string of the molecule is Cc1ccc(C)c(NC(=O)C2CCN(Cc3ccccc3Cl)CC2)c1. The van der Waals surface area contributed by atoms with E-state index in [9.17, 15) is 4.79 Å². The summed E-state index contributed by atoms with van der Waals surface area (Å²) < 4.78 is 0. The number of likely N-dealkylation sites (tertiary alicyclic amines) is 1. The Morgan fingerprint density at radius 3 is 2.60 bits per heavy atom. The topological polar surface area (TPSA) is 32.3 Å². The lowest BCUT2D eigenvalue weighted by Gasteiger charge is -2.31. The lowest BCUT2D eigenvalue weighted by Crippen LogP contribution is -2.37. The third kappa shape index (κ3) is 4.62. The zero-order valence-corrected chi connectivity index (χ0v) is 15.6. The summed E-state index contributed by atoms with van der Waals surface area (Å²) in [4.78, 5) is 15.0. The van der Waals surface area contributed by atoms with Crippen LogP contribution in [0.2, 0.25) is 5.02 Å². The summed E-state index contributed by atoms with van der Waals surface area (Å²) in [6.45, 7) is 6.78. The lowest BCUT2D eigenvalue weighted by atomic mass is 9.95. The minimum absolute atomic E-state index is 0.0856. The number of nitrogens with zero attached hydrogens (tertiary/aromatic N) is 1. The normalized spacial score (nSPS) is 16.0. The van der Waals surface area contributed by atoms with E-state index in [1.54, 1.807) is 0 Å². The van der Waals surface area contributed by atoms with E-state index < -0.39 is 0 Å². The highest BCUT2D eigenvalue weighted by Gasteiger charge is 2.25. The van der Waals surface area contributed by atoms with Gasteiger partial charge in [-0.25, -0.2) is 0 Å². The van der Waals surface area contributed by atoms with Crippen molar-refractivity contribution in [3.8, 4) is 0 Å². The molecule has 0 aromatic heterocycles. The van der Waals surface area contributed by atoms with Crippen LogP contribution in [0, 0.1) is 19.8 Å². The number of hydrogen-bond donors (Lipinski definition) is 1. The zero-order chi connectivity index (χ0) is 17.8. The number of rotatable bonds is 4. The molecule has 0 atom stereocenters. The van der Waals surface area contributed by atoms with E-state index in [2.05, 4.69) is 28.4 Å². The molecule has 0 unspecified atom stereocenters. The molecule has 3 rings (SSSR count). The highest BCUT2D eigenvalue weighted by molar-refractivity contribution is 6.31. The van der Waals surface area contributed by atoms with Crippen molar-refractivity contribution in [2.75, 3.05) is 18.4 Å². The van der Waals surface area contributed by atoms with Gasteiger partial charge in [-0.15, -0.1) is 0 Å². The van der Waals surface area contributed by atoms with Crippen LogP contribution in [0.1, 0.15) is 29.5 Å². The quantitative estimate of drug-likeness (QED) is 0.852. The van der Waals surface area contributed by atoms with Crippen LogP contribution < -0.4 is 5.32 Å². The first-order valence-electron chi connectivity index (χ1n) is 8.87. The van der Waals surface area contributed by atoms with E-state index in [4.69, 9.17) is 11.6 Å². The van der Waals surface area contributed by atoms with Crippen LogP contribution >= 0.6 is 11.6 Å². The van der Waals surface area contributed by atoms with Crippen molar-refractivity contribution in [2.24, 2.45) is 5.92 Å². The maximum absolute atomic E-state index is 12.6. The fraction of sp³-hybridized carbons (Fsp3) is 0.381. The molecule has 0 saturated carbocycles. The lowest BCUT2D eigenvalue weighted by molar-refractivity contribution is -0.121. The van der Waals surface area contributed by atoms with Crippen molar-refractivity contribution in [2.45, 2.75) is 33.2 Å². The maximum Gasteiger partial charge on any atom is 0.227 e. The Balaban J connectivity index is 1.54. The molecular weight excluding hydrogens is 332 g/mol. The van der Waals surface area contributed by atoms with Gasteiger partial charge in [-0.05, 0) is 68.6 Å². The van der Waals surface area contributed by atoms with Gasteiger partial charge in [-0.2, -0.15) is 0 Å². The van der Waals surface area contributed by atoms with Gasteiger partial charge in [0.15, 0.2) is 0 Å². The van der Waals surface area contributed by atoms with E-state index in [1.807, 2.05) is 38.1 Å². The smallest absolute Gasteiger partial charge is 0.227 e. The molecule has 0 radical (unpaired) electrons. The largest absolute Gasteiger partial charge is 0.326 e. The fourth-order valence-corrected chi connectivity index (χ4v) is 3.52. The first-order valence-corrected chi connectivity index (χ1v) is 9.24. The van der Waals surface area contributed by atoms with Crippen molar-refractivity contribution in [1.29, 1.82) is 0 Å². The van der Waals surface area contributed by atoms with Crippen LogP contribution in [-0.4, -0.2) is 23.9 Å². The minimum atomic E-state index is 0.0856. The number of aryl methyl sites for hydroxylation is 2. The molecule has 132 valence electrons. The Morgan fingerprint density at radius 2 is 1.88 bits per heavy atom. The molecule has 0 bridgehead atoms. The average molecular weight is 357 g/mol. The van der Waals surface area contributed by atoms with Crippen LogP contribution in [0.15, 0.2) is 42.5 Å². The molecule has 1 saturated heterocycles. The first-order chi connectivity index (χ1) is 12.0. The number of carbonyl (C=O) groups is 1. The van der Waals surface area contributed by atoms with E-state index in [-0.39, 0.29) is 11.8 Å². The molecule has 1 aliphatic rings. The second-order valence-corrected chi connectivity index (χ2v) is 7.36. The Kier molecular flexibility index (Phi) is 5.77. The minimum Gasteiger partial charge on any atom is -0.326 e. The molecule has 0 aliphatic carbocycles. The fourth-order valence-electron chi connectivity index (χ4n) is 3.33. The van der Waals surface area contributed by atoms with Crippen molar-refractivity contribution in [3.63, 3.8) is 0 Å². The second-order valence-electron chi connectivity index (χ2n) is 6.95. The maximum atomic E-state index is 12.6. The predicted molar refractivity (Wildman–Crippen MR) is 104 cm³/mol. The standard InChI is InChI=1S/C21H25ClN2O/c1-15-7-8-16(2)20(13-15)23-21(25)17-9-11-24(12-10-17)14-18-5-3-4-6-19(18)22/h3-8,13,17H,9-12,14H2,1-2H3,(H,23,25). The molecule has 25 heavy (non-hydrogen) atoms. The molecule has 4 heteroatoms. The van der Waals surface area contributed by atoms with Crippen LogP contribution in [0.25, 0.3) is 0 Å². The summed E-state index contributed by atoms with van der Waals surface area (Å²) in [5.74, 6) is 0.230. The van der Waals surface area contributed by atoms with Gasteiger partial charge in [-0.3, -0.25) is 9.69 Å². The third-order valence-corrected chi connectivity index (χ3v) is 5.33. The van der Waals surface area contributed by atoms with E-state index in [0.717, 1.165) is 59.9 Å². The zero-order valence-electron chi connectivity index (χ0n) is 14.9. The third-order valence-electron chi connectivity index (χ3n) is 4.96. The van der Waals surface area contributed by atoms with Gasteiger partial charge >= 0.3 is 0 Å². The number of amides is 1. The van der Waals surface area contributed by atoms with Crippen molar-refractivity contribution < 1.29 is 4.79 Å². The van der Waals surface area contributed by atoms with Gasteiger partial charge in [-0.1, -0.05) is 41.9 Å². The first kappa shape index (κ1) is 18.0. The number of nitrogens with one attached hydrogen (secondary N) is 1. The number of anilines is 1. The summed E-state index contributed by atoms with van der Waals surface area (Å²) >= 11 is 6.25. The molecule has 2 aromatic rings. The van der Waals surface area contributed by atoms with Crippen molar-refractivity contribution >= 4 is 23.2 Å². The van der Waals surface area contributed by atoms with Gasteiger partial charge in [0.1, 0.15) is 0 Å². The molecule has 1 fully saturated rings. The Bertz CT molecular complexity index is 751. The van der Waals surface area contributed by atoms with Crippen LogP contribution in [0.5, 0.6) is 0 Å². The second kappa shape index (κ2) is 8.03. The number of halogens is 1. The van der Waals surface area contributed by atoms with E-state index >= 15 is 0 Å². The van der Waals surface area contributed by atoms with Crippen LogP contribution in [-0.2, 0) is 11.3 Å². The van der Waals surface area contributed by atoms with E-state index in [1.165, 1.54) is 0 Å². The highest BCUT2D eigenvalue weighted by atomic mass is 35.5. The van der Waals surface area contributed by atoms with Gasteiger partial charge in [0.2, 0.25) is 5.91 Å². The summed E-state index contributed by atoms with van der Waals surface area (Å²) in [5.41, 5.74) is 4.36. The summed E-state index contributed by atoms with van der Waals surface area (Å²) in [6, 6.07) is 14.1. The van der Waals surface area contributed by atoms with Crippen molar-refractivity contribution in [1.82, 2.24) is 4.90 Å². The molecule has 0 spiro atoms. The molecule has 1 aliphatic heterocycles. The predicted octanol–water partition coefficient (Wildman–Crippen LogP) is 4.81. The summed E-state index contributed by atoms with van der Waals surface area (Å²) in [6.07, 6.45) is 1.78. The van der Waals surface area contributed by atoms with Crippen LogP contribution in [0.3, 0.4) is 0 Å². The Labute approximate surface area is 155 Å². The Hall–Kier alpha value is -1.84. The number of benzene rings is 2. The molecule has 2 aromatic carbocycles. The van der Waals surface area contributed by atoms with Gasteiger partial charge in [0, 0.05) is 23.2 Å². The van der Waals surface area contributed by atoms with Gasteiger partial charge < -0.3 is 5.32 Å². The molecule has 1 amide bonds. The molecule has 1 heterocycles. The van der Waals surface area contributed by atoms with Crippen molar-refractivity contribution in [3.05, 3.63) is 64.2 Å². The summed E-state index contributed by atoms with van der Waals surface area (Å²) in [5, 5.41) is 3.93. The monoisotopic (exact) mass is 356 g/mol.